The lowest BCUT2D eigenvalue weighted by Gasteiger charge is -2.15. The second-order valence-electron chi connectivity index (χ2n) is 6.66. The van der Waals surface area contributed by atoms with Crippen molar-refractivity contribution in [2.45, 2.75) is 30.6 Å². The average molecular weight is 390 g/mol. The molecule has 7 heteroatoms. The van der Waals surface area contributed by atoms with E-state index in [1.807, 2.05) is 0 Å². The number of hydrogen-bond acceptors (Lipinski definition) is 3. The zero-order valence-corrected chi connectivity index (χ0v) is 15.8. The number of carbonyl (C=O) groups is 1. The molecule has 27 heavy (non-hydrogen) atoms. The van der Waals surface area contributed by atoms with Crippen molar-refractivity contribution in [1.82, 2.24) is 9.62 Å². The fourth-order valence-corrected chi connectivity index (χ4v) is 4.66. The molecule has 0 saturated carbocycles. The first-order valence-electron chi connectivity index (χ1n) is 9.05. The number of hydrogen-bond donors (Lipinski definition) is 1. The quantitative estimate of drug-likeness (QED) is 0.790. The third-order valence-corrected chi connectivity index (χ3v) is 6.53. The highest BCUT2D eigenvalue weighted by Gasteiger charge is 2.26. The molecule has 3 rings (SSSR count). The largest absolute Gasteiger partial charge is 0.355 e. The molecule has 0 atom stereocenters. The highest BCUT2D eigenvalue weighted by molar-refractivity contribution is 7.89. The molecule has 1 fully saturated rings. The van der Waals surface area contributed by atoms with Crippen LogP contribution >= 0.6 is 0 Å². The van der Waals surface area contributed by atoms with E-state index >= 15 is 0 Å². The summed E-state index contributed by atoms with van der Waals surface area (Å²) in [6, 6.07) is 12.8. The highest BCUT2D eigenvalue weighted by Crippen LogP contribution is 2.21. The van der Waals surface area contributed by atoms with Crippen LogP contribution in [0.25, 0.3) is 0 Å². The van der Waals surface area contributed by atoms with Gasteiger partial charge in [-0.15, -0.1) is 0 Å². The van der Waals surface area contributed by atoms with Crippen LogP contribution in [0, 0.1) is 5.82 Å². The van der Waals surface area contributed by atoms with Crippen LogP contribution in [0.3, 0.4) is 0 Å². The summed E-state index contributed by atoms with van der Waals surface area (Å²) in [4.78, 5) is 12.2. The molecule has 0 bridgehead atoms. The number of halogens is 1. The smallest absolute Gasteiger partial charge is 0.243 e. The predicted octanol–water partition coefficient (Wildman–Crippen LogP) is 2.51. The van der Waals surface area contributed by atoms with Crippen molar-refractivity contribution in [2.75, 3.05) is 19.6 Å². The van der Waals surface area contributed by atoms with Crippen LogP contribution in [0.4, 0.5) is 4.39 Å². The van der Waals surface area contributed by atoms with Crippen LogP contribution in [0.1, 0.15) is 24.0 Å². The maximum absolute atomic E-state index is 13.1. The molecule has 1 aliphatic rings. The number of nitrogens with zero attached hydrogens (tertiary/aromatic N) is 1. The summed E-state index contributed by atoms with van der Waals surface area (Å²) < 4.78 is 39.6. The molecule has 1 aliphatic heterocycles. The minimum Gasteiger partial charge on any atom is -0.355 e. The molecule has 1 saturated heterocycles. The van der Waals surface area contributed by atoms with Gasteiger partial charge in [0.15, 0.2) is 0 Å². The van der Waals surface area contributed by atoms with E-state index in [0.29, 0.717) is 36.5 Å². The number of carbonyl (C=O) groups excluding carboxylic acids is 1. The van der Waals surface area contributed by atoms with Gasteiger partial charge in [0, 0.05) is 19.6 Å². The Hall–Kier alpha value is -2.25. The Morgan fingerprint density at radius 3 is 2.41 bits per heavy atom. The van der Waals surface area contributed by atoms with E-state index < -0.39 is 10.0 Å². The Labute approximate surface area is 159 Å². The third-order valence-electron chi connectivity index (χ3n) is 4.62. The van der Waals surface area contributed by atoms with Gasteiger partial charge in [-0.1, -0.05) is 24.3 Å². The first kappa shape index (κ1) is 19.5. The molecule has 0 aliphatic carbocycles. The Kier molecular flexibility index (Phi) is 6.23. The van der Waals surface area contributed by atoms with E-state index in [0.717, 1.165) is 18.4 Å². The molecule has 2 aromatic rings. The highest BCUT2D eigenvalue weighted by atomic mass is 32.2. The van der Waals surface area contributed by atoms with Crippen LogP contribution in [0.2, 0.25) is 0 Å². The molecule has 0 radical (unpaired) electrons. The van der Waals surface area contributed by atoms with E-state index in [-0.39, 0.29) is 18.1 Å². The lowest BCUT2D eigenvalue weighted by atomic mass is 10.1. The molecular formula is C20H23FN2O3S. The Bertz CT molecular complexity index is 892. The van der Waals surface area contributed by atoms with Crippen molar-refractivity contribution in [3.63, 3.8) is 0 Å². The van der Waals surface area contributed by atoms with Crippen molar-refractivity contribution in [2.24, 2.45) is 0 Å². The second-order valence-corrected chi connectivity index (χ2v) is 8.60. The van der Waals surface area contributed by atoms with Crippen molar-refractivity contribution in [3.05, 3.63) is 65.5 Å². The normalized spacial score (nSPS) is 15.0. The fraction of sp³-hybridized carbons (Fsp3) is 0.350. The SMILES string of the molecule is O=C(Cc1cccc(F)c1)NCCc1ccc(S(=O)(=O)N2CCCC2)cc1. The van der Waals surface area contributed by atoms with Gasteiger partial charge >= 0.3 is 0 Å². The van der Waals surface area contributed by atoms with Gasteiger partial charge in [0.25, 0.3) is 0 Å². The summed E-state index contributed by atoms with van der Waals surface area (Å²) in [5.74, 6) is -0.530. The number of sulfonamides is 1. The summed E-state index contributed by atoms with van der Waals surface area (Å²) in [6.45, 7) is 1.61. The van der Waals surface area contributed by atoms with Crippen LogP contribution in [-0.4, -0.2) is 38.3 Å². The van der Waals surface area contributed by atoms with Crippen molar-refractivity contribution >= 4 is 15.9 Å². The maximum atomic E-state index is 13.1. The van der Waals surface area contributed by atoms with Gasteiger partial charge in [0.1, 0.15) is 5.82 Å². The molecule has 0 aromatic heterocycles. The van der Waals surface area contributed by atoms with Gasteiger partial charge in [-0.05, 0) is 54.7 Å². The van der Waals surface area contributed by atoms with E-state index in [2.05, 4.69) is 5.32 Å². The molecule has 0 unspecified atom stereocenters. The summed E-state index contributed by atoms with van der Waals surface area (Å²) >= 11 is 0. The number of amides is 1. The van der Waals surface area contributed by atoms with Gasteiger partial charge in [0.05, 0.1) is 11.3 Å². The van der Waals surface area contributed by atoms with E-state index in [1.165, 1.54) is 16.4 Å². The Morgan fingerprint density at radius 2 is 1.74 bits per heavy atom. The molecule has 1 N–H and O–H groups in total. The summed E-state index contributed by atoms with van der Waals surface area (Å²) in [6.07, 6.45) is 2.54. The number of rotatable bonds is 7. The van der Waals surface area contributed by atoms with Crippen molar-refractivity contribution in [3.8, 4) is 0 Å². The molecule has 2 aromatic carbocycles. The molecule has 144 valence electrons. The standard InChI is InChI=1S/C20H23FN2O3S/c21-18-5-3-4-17(14-18)15-20(24)22-11-10-16-6-8-19(9-7-16)27(25,26)23-12-1-2-13-23/h3-9,14H,1-2,10-13,15H2,(H,22,24). The first-order valence-corrected chi connectivity index (χ1v) is 10.5. The Morgan fingerprint density at radius 1 is 1.04 bits per heavy atom. The zero-order valence-electron chi connectivity index (χ0n) is 15.0. The topological polar surface area (TPSA) is 66.5 Å². The van der Waals surface area contributed by atoms with Gasteiger partial charge < -0.3 is 5.32 Å². The molecule has 1 amide bonds. The van der Waals surface area contributed by atoms with Crippen molar-refractivity contribution in [1.29, 1.82) is 0 Å². The Balaban J connectivity index is 1.49. The number of benzene rings is 2. The van der Waals surface area contributed by atoms with Gasteiger partial charge in [-0.2, -0.15) is 4.31 Å². The van der Waals surface area contributed by atoms with E-state index in [1.54, 1.807) is 36.4 Å². The molecule has 1 heterocycles. The third kappa shape index (κ3) is 5.14. The molecular weight excluding hydrogens is 367 g/mol. The predicted molar refractivity (Wildman–Crippen MR) is 101 cm³/mol. The van der Waals surface area contributed by atoms with Crippen LogP contribution in [-0.2, 0) is 27.7 Å². The monoisotopic (exact) mass is 390 g/mol. The van der Waals surface area contributed by atoms with Crippen LogP contribution in [0.5, 0.6) is 0 Å². The minimum atomic E-state index is -3.39. The maximum Gasteiger partial charge on any atom is 0.243 e. The van der Waals surface area contributed by atoms with Crippen LogP contribution in [0.15, 0.2) is 53.4 Å². The van der Waals surface area contributed by atoms with Gasteiger partial charge in [-0.25, -0.2) is 12.8 Å². The average Bonchev–Trinajstić information content (AvgIpc) is 3.18. The van der Waals surface area contributed by atoms with E-state index in [4.69, 9.17) is 0 Å². The number of nitrogens with one attached hydrogen (secondary N) is 1. The summed E-state index contributed by atoms with van der Waals surface area (Å²) in [5.41, 5.74) is 1.57. The second kappa shape index (κ2) is 8.63. The van der Waals surface area contributed by atoms with E-state index in [9.17, 15) is 17.6 Å². The molecule has 0 spiro atoms. The van der Waals surface area contributed by atoms with Gasteiger partial charge in [-0.3, -0.25) is 4.79 Å². The fourth-order valence-electron chi connectivity index (χ4n) is 3.15. The summed E-state index contributed by atoms with van der Waals surface area (Å²) in [7, 11) is -3.39. The first-order chi connectivity index (χ1) is 12.9. The summed E-state index contributed by atoms with van der Waals surface area (Å²) in [5, 5.41) is 2.80. The molecule has 5 nitrogen and oxygen atoms in total. The minimum absolute atomic E-state index is 0.130. The zero-order chi connectivity index (χ0) is 19.3. The lowest BCUT2D eigenvalue weighted by molar-refractivity contribution is -0.120. The van der Waals surface area contributed by atoms with Crippen molar-refractivity contribution < 1.29 is 17.6 Å². The van der Waals surface area contributed by atoms with Crippen LogP contribution < -0.4 is 5.32 Å². The lowest BCUT2D eigenvalue weighted by Crippen LogP contribution is -2.28. The van der Waals surface area contributed by atoms with Gasteiger partial charge in [0.2, 0.25) is 15.9 Å².